The predicted octanol–water partition coefficient (Wildman–Crippen LogP) is 2.29. The second-order valence-corrected chi connectivity index (χ2v) is 7.78. The Kier molecular flexibility index (Phi) is 9.07. The summed E-state index contributed by atoms with van der Waals surface area (Å²) in [5.41, 5.74) is 0.808. The molecule has 0 spiro atoms. The van der Waals surface area contributed by atoms with Crippen molar-refractivity contribution in [3.05, 3.63) is 29.8 Å². The number of carbonyl (C=O) groups excluding carboxylic acids is 2. The maximum Gasteiger partial charge on any atom is 0.325 e. The van der Waals surface area contributed by atoms with Crippen molar-refractivity contribution in [3.63, 3.8) is 0 Å². The smallest absolute Gasteiger partial charge is 0.325 e. The zero-order chi connectivity index (χ0) is 20.4. The van der Waals surface area contributed by atoms with Crippen molar-refractivity contribution in [1.82, 2.24) is 10.2 Å². The molecule has 152 valence electrons. The van der Waals surface area contributed by atoms with Crippen LogP contribution in [0.15, 0.2) is 24.3 Å². The van der Waals surface area contributed by atoms with Crippen molar-refractivity contribution in [1.29, 1.82) is 0 Å². The Balaban J connectivity index is 2.79. The molecule has 0 aromatic heterocycles. The number of hydrogen-bond acceptors (Lipinski definition) is 6. The minimum Gasteiger partial charge on any atom is -0.465 e. The van der Waals surface area contributed by atoms with Crippen LogP contribution in [0.1, 0.15) is 39.7 Å². The van der Waals surface area contributed by atoms with Gasteiger partial charge in [-0.2, -0.15) is 8.42 Å². The Bertz CT molecular complexity index is 718. The zero-order valence-corrected chi connectivity index (χ0v) is 17.0. The van der Waals surface area contributed by atoms with Gasteiger partial charge in [0, 0.05) is 12.6 Å². The Morgan fingerprint density at radius 2 is 1.78 bits per heavy atom. The SMILES string of the molecule is CCOC(=O)CNC(=O)N(Cc1ccc(OS(=O)(=O)CC)cc1)[C@H](C)CC. The van der Waals surface area contributed by atoms with Gasteiger partial charge in [-0.3, -0.25) is 4.79 Å². The van der Waals surface area contributed by atoms with Gasteiger partial charge in [0.2, 0.25) is 0 Å². The fraction of sp³-hybridized carbons (Fsp3) is 0.556. The first-order valence-corrected chi connectivity index (χ1v) is 10.5. The molecule has 0 heterocycles. The Labute approximate surface area is 161 Å². The Morgan fingerprint density at radius 3 is 2.30 bits per heavy atom. The quantitative estimate of drug-likeness (QED) is 0.478. The highest BCUT2D eigenvalue weighted by Gasteiger charge is 2.20. The molecule has 9 heteroatoms. The van der Waals surface area contributed by atoms with Gasteiger partial charge in [-0.15, -0.1) is 0 Å². The summed E-state index contributed by atoms with van der Waals surface area (Å²) in [5.74, 6) is -0.381. The van der Waals surface area contributed by atoms with Gasteiger partial charge in [0.25, 0.3) is 0 Å². The highest BCUT2D eigenvalue weighted by molar-refractivity contribution is 7.87. The molecule has 0 saturated heterocycles. The molecular formula is C18H28N2O6S. The van der Waals surface area contributed by atoms with Gasteiger partial charge in [-0.05, 0) is 44.9 Å². The molecule has 0 unspecified atom stereocenters. The van der Waals surface area contributed by atoms with E-state index in [9.17, 15) is 18.0 Å². The van der Waals surface area contributed by atoms with Crippen molar-refractivity contribution in [3.8, 4) is 5.75 Å². The third-order valence-corrected chi connectivity index (χ3v) is 5.08. The first-order valence-electron chi connectivity index (χ1n) is 8.93. The van der Waals surface area contributed by atoms with E-state index in [4.69, 9.17) is 8.92 Å². The summed E-state index contributed by atoms with van der Waals surface area (Å²) in [4.78, 5) is 25.5. The molecule has 0 aliphatic rings. The van der Waals surface area contributed by atoms with Gasteiger partial charge >= 0.3 is 22.1 Å². The molecule has 1 rings (SSSR count). The fourth-order valence-electron chi connectivity index (χ4n) is 2.16. The molecule has 0 fully saturated rings. The second kappa shape index (κ2) is 10.8. The lowest BCUT2D eigenvalue weighted by molar-refractivity contribution is -0.141. The summed E-state index contributed by atoms with van der Waals surface area (Å²) in [6.07, 6.45) is 0.739. The molecule has 1 aromatic carbocycles. The van der Waals surface area contributed by atoms with E-state index in [1.807, 2.05) is 13.8 Å². The maximum absolute atomic E-state index is 12.5. The average molecular weight is 400 g/mol. The van der Waals surface area contributed by atoms with Crippen molar-refractivity contribution < 1.29 is 26.9 Å². The van der Waals surface area contributed by atoms with Crippen LogP contribution < -0.4 is 9.50 Å². The summed E-state index contributed by atoms with van der Waals surface area (Å²) in [6, 6.07) is 6.08. The minimum absolute atomic E-state index is 0.0522. The van der Waals surface area contributed by atoms with Gasteiger partial charge in [0.1, 0.15) is 12.3 Å². The van der Waals surface area contributed by atoms with Crippen LogP contribution in [0.2, 0.25) is 0 Å². The molecule has 0 saturated carbocycles. The molecule has 8 nitrogen and oxygen atoms in total. The number of benzene rings is 1. The minimum atomic E-state index is -3.58. The van der Waals surface area contributed by atoms with Crippen LogP contribution in [0.3, 0.4) is 0 Å². The second-order valence-electron chi connectivity index (χ2n) is 5.92. The summed E-state index contributed by atoms with van der Waals surface area (Å²) >= 11 is 0. The summed E-state index contributed by atoms with van der Waals surface area (Å²) in [5, 5.41) is 2.56. The number of amides is 2. The number of hydrogen-bond donors (Lipinski definition) is 1. The van der Waals surface area contributed by atoms with Crippen LogP contribution in [-0.2, 0) is 26.2 Å². The topological polar surface area (TPSA) is 102 Å². The third-order valence-electron chi connectivity index (χ3n) is 3.93. The highest BCUT2D eigenvalue weighted by Crippen LogP contribution is 2.17. The van der Waals surface area contributed by atoms with E-state index in [1.165, 1.54) is 6.92 Å². The van der Waals surface area contributed by atoms with Crippen LogP contribution in [-0.4, -0.2) is 50.3 Å². The normalized spacial score (nSPS) is 12.1. The molecule has 0 radical (unpaired) electrons. The van der Waals surface area contributed by atoms with Crippen LogP contribution in [0, 0.1) is 0 Å². The average Bonchev–Trinajstić information content (AvgIpc) is 2.65. The van der Waals surface area contributed by atoms with E-state index in [0.717, 1.165) is 12.0 Å². The van der Waals surface area contributed by atoms with E-state index in [-0.39, 0.29) is 36.7 Å². The largest absolute Gasteiger partial charge is 0.465 e. The lowest BCUT2D eigenvalue weighted by atomic mass is 10.1. The number of esters is 1. The first kappa shape index (κ1) is 22.8. The number of nitrogens with zero attached hydrogens (tertiary/aromatic N) is 1. The van der Waals surface area contributed by atoms with E-state index in [1.54, 1.807) is 36.1 Å². The van der Waals surface area contributed by atoms with E-state index in [0.29, 0.717) is 6.54 Å². The van der Waals surface area contributed by atoms with Crippen molar-refractivity contribution in [2.75, 3.05) is 18.9 Å². The van der Waals surface area contributed by atoms with E-state index >= 15 is 0 Å². The Morgan fingerprint density at radius 1 is 1.15 bits per heavy atom. The van der Waals surface area contributed by atoms with Crippen LogP contribution in [0.5, 0.6) is 5.75 Å². The summed E-state index contributed by atoms with van der Waals surface area (Å²) in [7, 11) is -3.58. The van der Waals surface area contributed by atoms with Crippen molar-refractivity contribution >= 4 is 22.1 Å². The van der Waals surface area contributed by atoms with Gasteiger partial charge < -0.3 is 19.1 Å². The molecule has 27 heavy (non-hydrogen) atoms. The van der Waals surface area contributed by atoms with Crippen molar-refractivity contribution in [2.45, 2.75) is 46.7 Å². The van der Waals surface area contributed by atoms with Crippen LogP contribution >= 0.6 is 0 Å². The number of rotatable bonds is 10. The standard InChI is InChI=1S/C18H28N2O6S/c1-5-14(4)20(18(22)19-12-17(21)25-6-2)13-15-8-10-16(11-9-15)26-27(23,24)7-3/h8-11,14H,5-7,12-13H2,1-4H3,(H,19,22)/t14-/m1/s1. The molecule has 0 aliphatic heterocycles. The number of urea groups is 1. The fourth-order valence-corrected chi connectivity index (χ4v) is 2.68. The molecule has 0 bridgehead atoms. The van der Waals surface area contributed by atoms with Crippen LogP contribution in [0.25, 0.3) is 0 Å². The number of nitrogens with one attached hydrogen (secondary N) is 1. The molecule has 1 N–H and O–H groups in total. The first-order chi connectivity index (χ1) is 12.7. The molecular weight excluding hydrogens is 372 g/mol. The van der Waals surface area contributed by atoms with Crippen LogP contribution in [0.4, 0.5) is 4.79 Å². The predicted molar refractivity (Wildman–Crippen MR) is 102 cm³/mol. The van der Waals surface area contributed by atoms with Gasteiger partial charge in [0.05, 0.1) is 12.4 Å². The van der Waals surface area contributed by atoms with Gasteiger partial charge in [-0.1, -0.05) is 19.1 Å². The Hall–Kier alpha value is -2.29. The number of ether oxygens (including phenoxy) is 1. The van der Waals surface area contributed by atoms with Gasteiger partial charge in [-0.25, -0.2) is 4.79 Å². The molecule has 2 amide bonds. The molecule has 1 aromatic rings. The maximum atomic E-state index is 12.5. The summed E-state index contributed by atoms with van der Waals surface area (Å²) < 4.78 is 32.7. The van der Waals surface area contributed by atoms with E-state index < -0.39 is 16.1 Å². The van der Waals surface area contributed by atoms with E-state index in [2.05, 4.69) is 5.32 Å². The molecule has 1 atom stereocenters. The lowest BCUT2D eigenvalue weighted by Crippen LogP contribution is -2.46. The third kappa shape index (κ3) is 7.86. The molecule has 0 aliphatic carbocycles. The highest BCUT2D eigenvalue weighted by atomic mass is 32.2. The summed E-state index contributed by atoms with van der Waals surface area (Å²) in [6.45, 7) is 7.45. The zero-order valence-electron chi connectivity index (χ0n) is 16.2. The monoisotopic (exact) mass is 400 g/mol. The van der Waals surface area contributed by atoms with Crippen molar-refractivity contribution in [2.24, 2.45) is 0 Å². The lowest BCUT2D eigenvalue weighted by Gasteiger charge is -2.28. The number of carbonyl (C=O) groups is 2. The van der Waals surface area contributed by atoms with Gasteiger partial charge in [0.15, 0.2) is 0 Å².